The molecule has 0 aliphatic rings. The second-order valence-electron chi connectivity index (χ2n) is 2.77. The largest absolute Gasteiger partial charge is 0.338 e. The van der Waals surface area contributed by atoms with Gasteiger partial charge in [0.15, 0.2) is 11.6 Å². The maximum absolute atomic E-state index is 12.9. The van der Waals surface area contributed by atoms with E-state index in [1.165, 1.54) is 6.07 Å². The Labute approximate surface area is 88.7 Å². The van der Waals surface area contributed by atoms with Crippen LogP contribution in [0.15, 0.2) is 22.7 Å². The van der Waals surface area contributed by atoms with E-state index in [4.69, 9.17) is 16.1 Å². The van der Waals surface area contributed by atoms with Crippen molar-refractivity contribution in [1.82, 2.24) is 10.1 Å². The molecule has 1 aromatic heterocycles. The molecule has 2 aromatic rings. The molecule has 0 amide bonds. The van der Waals surface area contributed by atoms with E-state index >= 15 is 0 Å². The van der Waals surface area contributed by atoms with E-state index in [1.807, 2.05) is 0 Å². The Balaban J connectivity index is 2.40. The van der Waals surface area contributed by atoms with Gasteiger partial charge in [0.1, 0.15) is 5.88 Å². The van der Waals surface area contributed by atoms with Crippen LogP contribution in [0.2, 0.25) is 0 Å². The molecule has 0 unspecified atom stereocenters. The van der Waals surface area contributed by atoms with Gasteiger partial charge >= 0.3 is 0 Å². The van der Waals surface area contributed by atoms with E-state index in [2.05, 4.69) is 10.1 Å². The van der Waals surface area contributed by atoms with Gasteiger partial charge in [-0.2, -0.15) is 4.98 Å². The Morgan fingerprint density at radius 2 is 2.07 bits per heavy atom. The molecule has 15 heavy (non-hydrogen) atoms. The van der Waals surface area contributed by atoms with Gasteiger partial charge < -0.3 is 4.52 Å². The molecule has 0 bridgehead atoms. The van der Waals surface area contributed by atoms with Gasteiger partial charge in [-0.3, -0.25) is 0 Å². The molecular formula is C9H5ClF2N2O. The molecular weight excluding hydrogens is 226 g/mol. The summed E-state index contributed by atoms with van der Waals surface area (Å²) < 4.78 is 30.2. The first kappa shape index (κ1) is 10.0. The number of alkyl halides is 1. The van der Waals surface area contributed by atoms with Gasteiger partial charge in [-0.15, -0.1) is 11.6 Å². The van der Waals surface area contributed by atoms with Crippen molar-refractivity contribution in [2.75, 3.05) is 0 Å². The molecule has 1 aromatic carbocycles. The molecule has 78 valence electrons. The molecule has 0 aliphatic heterocycles. The van der Waals surface area contributed by atoms with E-state index in [-0.39, 0.29) is 17.6 Å². The lowest BCUT2D eigenvalue weighted by molar-refractivity contribution is 0.391. The third-order valence-electron chi connectivity index (χ3n) is 1.76. The Kier molecular flexibility index (Phi) is 2.64. The monoisotopic (exact) mass is 230 g/mol. The summed E-state index contributed by atoms with van der Waals surface area (Å²) in [6.45, 7) is 0. The Morgan fingerprint density at radius 3 is 2.67 bits per heavy atom. The first-order valence-corrected chi connectivity index (χ1v) is 4.58. The zero-order valence-electron chi connectivity index (χ0n) is 7.38. The number of benzene rings is 1. The van der Waals surface area contributed by atoms with Crippen LogP contribution in [-0.4, -0.2) is 10.1 Å². The van der Waals surface area contributed by atoms with Crippen LogP contribution in [-0.2, 0) is 5.88 Å². The normalized spacial score (nSPS) is 10.6. The SMILES string of the molecule is Fc1ccc(-c2noc(CCl)n2)cc1F. The summed E-state index contributed by atoms with van der Waals surface area (Å²) in [4.78, 5) is 3.87. The second kappa shape index (κ2) is 3.94. The van der Waals surface area contributed by atoms with Gasteiger partial charge in [0.05, 0.1) is 0 Å². The minimum atomic E-state index is -0.954. The minimum absolute atomic E-state index is 0.0800. The molecule has 0 saturated heterocycles. The van der Waals surface area contributed by atoms with Gasteiger partial charge in [0.25, 0.3) is 0 Å². The molecule has 1 heterocycles. The van der Waals surface area contributed by atoms with E-state index in [0.717, 1.165) is 12.1 Å². The molecule has 0 fully saturated rings. The zero-order valence-corrected chi connectivity index (χ0v) is 8.13. The van der Waals surface area contributed by atoms with Crippen LogP contribution in [0.4, 0.5) is 8.78 Å². The van der Waals surface area contributed by atoms with E-state index in [1.54, 1.807) is 0 Å². The molecule has 0 radical (unpaired) electrons. The van der Waals surface area contributed by atoms with Crippen LogP contribution in [0.5, 0.6) is 0 Å². The Morgan fingerprint density at radius 1 is 1.27 bits per heavy atom. The van der Waals surface area contributed by atoms with Crippen molar-refractivity contribution in [1.29, 1.82) is 0 Å². The number of hydrogen-bond acceptors (Lipinski definition) is 3. The summed E-state index contributed by atoms with van der Waals surface area (Å²) in [5.41, 5.74) is 0.342. The average molecular weight is 231 g/mol. The van der Waals surface area contributed by atoms with Crippen molar-refractivity contribution in [2.24, 2.45) is 0 Å². The first-order valence-electron chi connectivity index (χ1n) is 4.04. The fraction of sp³-hybridized carbons (Fsp3) is 0.111. The number of halogens is 3. The highest BCUT2D eigenvalue weighted by atomic mass is 35.5. The Bertz CT molecular complexity index is 487. The summed E-state index contributed by atoms with van der Waals surface area (Å²) >= 11 is 5.45. The lowest BCUT2D eigenvalue weighted by Gasteiger charge is -1.95. The summed E-state index contributed by atoms with van der Waals surface area (Å²) in [6, 6.07) is 3.36. The molecule has 0 N–H and O–H groups in total. The fourth-order valence-corrected chi connectivity index (χ4v) is 1.17. The number of aromatic nitrogens is 2. The summed E-state index contributed by atoms with van der Waals surface area (Å²) in [6.07, 6.45) is 0. The minimum Gasteiger partial charge on any atom is -0.338 e. The van der Waals surface area contributed by atoms with Gasteiger partial charge in [-0.05, 0) is 18.2 Å². The third-order valence-corrected chi connectivity index (χ3v) is 1.99. The standard InChI is InChI=1S/C9H5ClF2N2O/c10-4-8-13-9(14-15-8)5-1-2-6(11)7(12)3-5/h1-3H,4H2. The molecule has 3 nitrogen and oxygen atoms in total. The van der Waals surface area contributed by atoms with E-state index in [0.29, 0.717) is 5.56 Å². The number of rotatable bonds is 2. The highest BCUT2D eigenvalue weighted by Gasteiger charge is 2.10. The summed E-state index contributed by atoms with van der Waals surface area (Å²) in [7, 11) is 0. The predicted molar refractivity (Wildman–Crippen MR) is 49.2 cm³/mol. The lowest BCUT2D eigenvalue weighted by Crippen LogP contribution is -1.87. The average Bonchev–Trinajstić information content (AvgIpc) is 2.70. The molecule has 0 saturated carbocycles. The van der Waals surface area contributed by atoms with Crippen LogP contribution in [0.25, 0.3) is 11.4 Å². The zero-order chi connectivity index (χ0) is 10.8. The first-order chi connectivity index (χ1) is 7.20. The molecule has 0 spiro atoms. The smallest absolute Gasteiger partial charge is 0.241 e. The predicted octanol–water partition coefficient (Wildman–Crippen LogP) is 2.75. The topological polar surface area (TPSA) is 38.9 Å². The maximum Gasteiger partial charge on any atom is 0.241 e. The lowest BCUT2D eigenvalue weighted by atomic mass is 10.2. The molecule has 2 rings (SSSR count). The van der Waals surface area contributed by atoms with Crippen molar-refractivity contribution in [3.63, 3.8) is 0 Å². The van der Waals surface area contributed by atoms with E-state index < -0.39 is 11.6 Å². The van der Waals surface area contributed by atoms with Crippen LogP contribution >= 0.6 is 11.6 Å². The van der Waals surface area contributed by atoms with Crippen LogP contribution in [0.3, 0.4) is 0 Å². The van der Waals surface area contributed by atoms with Gasteiger partial charge in [-0.25, -0.2) is 8.78 Å². The van der Waals surface area contributed by atoms with Crippen molar-refractivity contribution >= 4 is 11.6 Å². The number of nitrogens with zero attached hydrogens (tertiary/aromatic N) is 2. The van der Waals surface area contributed by atoms with Crippen LogP contribution in [0.1, 0.15) is 5.89 Å². The summed E-state index contributed by atoms with van der Waals surface area (Å²) in [5, 5.41) is 3.57. The van der Waals surface area contributed by atoms with Crippen LogP contribution < -0.4 is 0 Å². The Hall–Kier alpha value is -1.49. The fourth-order valence-electron chi connectivity index (χ4n) is 1.06. The molecule has 6 heteroatoms. The van der Waals surface area contributed by atoms with Crippen molar-refractivity contribution in [3.8, 4) is 11.4 Å². The van der Waals surface area contributed by atoms with Gasteiger partial charge in [-0.1, -0.05) is 5.16 Å². The quantitative estimate of drug-likeness (QED) is 0.745. The van der Waals surface area contributed by atoms with Gasteiger partial charge in [0.2, 0.25) is 11.7 Å². The molecule has 0 atom stereocenters. The van der Waals surface area contributed by atoms with Crippen molar-refractivity contribution in [2.45, 2.75) is 5.88 Å². The van der Waals surface area contributed by atoms with Crippen molar-refractivity contribution in [3.05, 3.63) is 35.7 Å². The highest BCUT2D eigenvalue weighted by molar-refractivity contribution is 6.16. The third kappa shape index (κ3) is 1.97. The highest BCUT2D eigenvalue weighted by Crippen LogP contribution is 2.18. The maximum atomic E-state index is 12.9. The van der Waals surface area contributed by atoms with E-state index in [9.17, 15) is 8.78 Å². The second-order valence-corrected chi connectivity index (χ2v) is 3.04. The van der Waals surface area contributed by atoms with Crippen molar-refractivity contribution < 1.29 is 13.3 Å². The van der Waals surface area contributed by atoms with Crippen LogP contribution in [0, 0.1) is 11.6 Å². The van der Waals surface area contributed by atoms with Gasteiger partial charge in [0, 0.05) is 5.56 Å². The number of hydrogen-bond donors (Lipinski definition) is 0. The molecule has 0 aliphatic carbocycles. The summed E-state index contributed by atoms with van der Waals surface area (Å²) in [5.74, 6) is -1.37.